The molecule has 0 unspecified atom stereocenters. The van der Waals surface area contributed by atoms with Crippen molar-refractivity contribution in [3.05, 3.63) is 63.6 Å². The number of hydrogen-bond donors (Lipinski definition) is 0. The Hall–Kier alpha value is -2.55. The lowest BCUT2D eigenvalue weighted by atomic mass is 10.1. The normalized spacial score (nSPS) is 18.7. The molecule has 1 aliphatic heterocycles. The molecule has 1 aliphatic carbocycles. The van der Waals surface area contributed by atoms with Gasteiger partial charge < -0.3 is 18.8 Å². The van der Waals surface area contributed by atoms with E-state index >= 15 is 0 Å². The predicted octanol–water partition coefficient (Wildman–Crippen LogP) is 3.01. The van der Waals surface area contributed by atoms with Gasteiger partial charge in [0.05, 0.1) is 26.4 Å². The van der Waals surface area contributed by atoms with Crippen LogP contribution in [0.3, 0.4) is 0 Å². The topological polar surface area (TPSA) is 49.7 Å². The highest BCUT2D eigenvalue weighted by atomic mass is 16.6. The summed E-state index contributed by atoms with van der Waals surface area (Å²) in [6.45, 7) is 4.71. The Balaban J connectivity index is 1.44. The van der Waals surface area contributed by atoms with Gasteiger partial charge in [-0.15, -0.1) is 0 Å². The van der Waals surface area contributed by atoms with Crippen LogP contribution in [-0.2, 0) is 22.4 Å². The number of aryl methyl sites for hydroxylation is 1. The van der Waals surface area contributed by atoms with Gasteiger partial charge >= 0.3 is 0 Å². The average molecular weight is 393 g/mol. The SMILES string of the molecule is CCc1cc(OC[C@H]2COCCO2)cc(=O)n1Cc1ccc(C#CC2CC2)cc1. The zero-order valence-corrected chi connectivity index (χ0v) is 16.9. The first-order chi connectivity index (χ1) is 14.2. The van der Waals surface area contributed by atoms with Gasteiger partial charge in [0.2, 0.25) is 0 Å². The molecule has 29 heavy (non-hydrogen) atoms. The van der Waals surface area contributed by atoms with E-state index in [0.717, 1.165) is 23.2 Å². The van der Waals surface area contributed by atoms with E-state index in [1.165, 1.54) is 12.8 Å². The second-order valence-electron chi connectivity index (χ2n) is 7.58. The summed E-state index contributed by atoms with van der Waals surface area (Å²) in [7, 11) is 0. The van der Waals surface area contributed by atoms with Crippen LogP contribution in [0, 0.1) is 17.8 Å². The first kappa shape index (κ1) is 19.8. The summed E-state index contributed by atoms with van der Waals surface area (Å²) in [5, 5.41) is 0. The summed E-state index contributed by atoms with van der Waals surface area (Å²) in [4.78, 5) is 12.7. The maximum Gasteiger partial charge on any atom is 0.254 e. The van der Waals surface area contributed by atoms with Gasteiger partial charge in [-0.05, 0) is 43.0 Å². The third-order valence-corrected chi connectivity index (χ3v) is 5.16. The Bertz CT molecular complexity index is 942. The second kappa shape index (κ2) is 9.30. The third-order valence-electron chi connectivity index (χ3n) is 5.16. The van der Waals surface area contributed by atoms with Crippen LogP contribution >= 0.6 is 0 Å². The van der Waals surface area contributed by atoms with Gasteiger partial charge in [-0.2, -0.15) is 0 Å². The Morgan fingerprint density at radius 3 is 2.69 bits per heavy atom. The number of hydrogen-bond acceptors (Lipinski definition) is 4. The monoisotopic (exact) mass is 393 g/mol. The minimum atomic E-state index is -0.0854. The molecule has 1 aromatic heterocycles. The minimum Gasteiger partial charge on any atom is -0.491 e. The fourth-order valence-electron chi connectivity index (χ4n) is 3.29. The Morgan fingerprint density at radius 2 is 2.00 bits per heavy atom. The van der Waals surface area contributed by atoms with Gasteiger partial charge in [0.15, 0.2) is 0 Å². The van der Waals surface area contributed by atoms with Crippen LogP contribution in [0.15, 0.2) is 41.2 Å². The molecule has 2 aliphatic rings. The van der Waals surface area contributed by atoms with Crippen molar-refractivity contribution in [1.29, 1.82) is 0 Å². The van der Waals surface area contributed by atoms with Crippen LogP contribution < -0.4 is 10.3 Å². The molecule has 0 bridgehead atoms. The molecule has 1 atom stereocenters. The van der Waals surface area contributed by atoms with Crippen molar-refractivity contribution in [3.63, 3.8) is 0 Å². The van der Waals surface area contributed by atoms with Gasteiger partial charge in [-0.25, -0.2) is 0 Å². The highest BCUT2D eigenvalue weighted by molar-refractivity contribution is 5.37. The van der Waals surface area contributed by atoms with E-state index in [-0.39, 0.29) is 11.7 Å². The number of rotatable bonds is 6. The summed E-state index contributed by atoms with van der Waals surface area (Å²) in [5.41, 5.74) is 3.00. The number of ether oxygens (including phenoxy) is 3. The first-order valence-corrected chi connectivity index (χ1v) is 10.4. The second-order valence-corrected chi connectivity index (χ2v) is 7.58. The lowest BCUT2D eigenvalue weighted by molar-refractivity contribution is -0.101. The van der Waals surface area contributed by atoms with E-state index in [4.69, 9.17) is 14.2 Å². The molecular formula is C24H27NO4. The van der Waals surface area contributed by atoms with Crippen molar-refractivity contribution in [2.45, 2.75) is 38.8 Å². The van der Waals surface area contributed by atoms with Crippen molar-refractivity contribution < 1.29 is 14.2 Å². The average Bonchev–Trinajstić information content (AvgIpc) is 3.58. The number of nitrogens with zero attached hydrogens (tertiary/aromatic N) is 1. The highest BCUT2D eigenvalue weighted by Crippen LogP contribution is 2.27. The van der Waals surface area contributed by atoms with Crippen LogP contribution in [0.4, 0.5) is 0 Å². The van der Waals surface area contributed by atoms with Crippen LogP contribution in [0.5, 0.6) is 5.75 Å². The molecule has 0 spiro atoms. The van der Waals surface area contributed by atoms with E-state index in [2.05, 4.69) is 11.8 Å². The molecule has 0 amide bonds. The molecule has 1 aromatic carbocycles. The quantitative estimate of drug-likeness (QED) is 0.708. The van der Waals surface area contributed by atoms with Crippen molar-refractivity contribution in [3.8, 4) is 17.6 Å². The van der Waals surface area contributed by atoms with Crippen LogP contribution in [0.2, 0.25) is 0 Å². The fourth-order valence-corrected chi connectivity index (χ4v) is 3.29. The molecule has 2 heterocycles. The molecule has 1 saturated heterocycles. The molecule has 0 radical (unpaired) electrons. The Labute approximate surface area is 171 Å². The standard InChI is InChI=1S/C24H27NO4/c1-2-21-13-22(29-17-23-16-27-11-12-28-23)14-24(26)25(21)15-20-9-7-19(8-10-20)6-5-18-3-4-18/h7-10,13-14,18,23H,2-4,11-12,15-17H2,1H3/t23-/m1/s1. The van der Waals surface area contributed by atoms with Crippen LogP contribution in [0.1, 0.15) is 36.6 Å². The van der Waals surface area contributed by atoms with E-state index < -0.39 is 0 Å². The number of benzene rings is 1. The molecule has 1 saturated carbocycles. The van der Waals surface area contributed by atoms with Gasteiger partial charge in [-0.1, -0.05) is 30.9 Å². The molecule has 5 heteroatoms. The molecule has 4 rings (SSSR count). The van der Waals surface area contributed by atoms with Gasteiger partial charge in [-0.3, -0.25) is 4.79 Å². The smallest absolute Gasteiger partial charge is 0.254 e. The summed E-state index contributed by atoms with van der Waals surface area (Å²) in [6.07, 6.45) is 3.13. The summed E-state index contributed by atoms with van der Waals surface area (Å²) in [5.74, 6) is 7.68. The van der Waals surface area contributed by atoms with Crippen molar-refractivity contribution in [1.82, 2.24) is 4.57 Å². The molecular weight excluding hydrogens is 366 g/mol. The Kier molecular flexibility index (Phi) is 6.33. The zero-order valence-electron chi connectivity index (χ0n) is 16.9. The third kappa shape index (κ3) is 5.50. The van der Waals surface area contributed by atoms with E-state index in [1.54, 1.807) is 10.6 Å². The van der Waals surface area contributed by atoms with Gasteiger partial charge in [0.25, 0.3) is 5.56 Å². The summed E-state index contributed by atoms with van der Waals surface area (Å²) in [6, 6.07) is 11.7. The predicted molar refractivity (Wildman–Crippen MR) is 111 cm³/mol. The number of pyridine rings is 1. The summed E-state index contributed by atoms with van der Waals surface area (Å²) >= 11 is 0. The van der Waals surface area contributed by atoms with E-state index in [1.807, 2.05) is 37.3 Å². The lowest BCUT2D eigenvalue weighted by Gasteiger charge is -2.23. The van der Waals surface area contributed by atoms with Gasteiger partial charge in [0, 0.05) is 23.2 Å². The van der Waals surface area contributed by atoms with Crippen LogP contribution in [0.25, 0.3) is 0 Å². The fraction of sp³-hybridized carbons (Fsp3) is 0.458. The van der Waals surface area contributed by atoms with Crippen molar-refractivity contribution in [2.75, 3.05) is 26.4 Å². The first-order valence-electron chi connectivity index (χ1n) is 10.4. The molecule has 0 N–H and O–H groups in total. The molecule has 152 valence electrons. The number of aromatic nitrogens is 1. The lowest BCUT2D eigenvalue weighted by Crippen LogP contribution is -2.33. The molecule has 2 aromatic rings. The van der Waals surface area contributed by atoms with Crippen molar-refractivity contribution >= 4 is 0 Å². The maximum atomic E-state index is 12.7. The highest BCUT2D eigenvalue weighted by Gasteiger charge is 2.18. The maximum absolute atomic E-state index is 12.7. The van der Waals surface area contributed by atoms with Gasteiger partial charge in [0.1, 0.15) is 18.5 Å². The summed E-state index contributed by atoms with van der Waals surface area (Å²) < 4.78 is 18.6. The molecule has 2 fully saturated rings. The minimum absolute atomic E-state index is 0.0576. The van der Waals surface area contributed by atoms with E-state index in [9.17, 15) is 4.79 Å². The zero-order chi connectivity index (χ0) is 20.1. The van der Waals surface area contributed by atoms with E-state index in [0.29, 0.717) is 44.6 Å². The largest absolute Gasteiger partial charge is 0.491 e. The van der Waals surface area contributed by atoms with Crippen molar-refractivity contribution in [2.24, 2.45) is 5.92 Å². The molecule has 5 nitrogen and oxygen atoms in total. The van der Waals surface area contributed by atoms with Crippen LogP contribution in [-0.4, -0.2) is 37.1 Å². The Morgan fingerprint density at radius 1 is 1.17 bits per heavy atom.